The van der Waals surface area contributed by atoms with Crippen LogP contribution < -0.4 is 11.5 Å². The average Bonchev–Trinajstić information content (AvgIpc) is 2.70. The molecule has 0 saturated heterocycles. The maximum absolute atomic E-state index is 6.20. The summed E-state index contributed by atoms with van der Waals surface area (Å²) in [6, 6.07) is 4.22. The van der Waals surface area contributed by atoms with Crippen LogP contribution in [0.25, 0.3) is 0 Å². The summed E-state index contributed by atoms with van der Waals surface area (Å²) in [4.78, 5) is 3.98. The van der Waals surface area contributed by atoms with E-state index in [2.05, 4.69) is 4.98 Å². The van der Waals surface area contributed by atoms with Gasteiger partial charge in [0.05, 0.1) is 0 Å². The lowest BCUT2D eigenvalue weighted by Crippen LogP contribution is -2.30. The van der Waals surface area contributed by atoms with E-state index in [1.165, 1.54) is 31.2 Å². The molecule has 0 aromatic carbocycles. The maximum Gasteiger partial charge on any atom is 0.123 e. The van der Waals surface area contributed by atoms with E-state index in [-0.39, 0.29) is 6.04 Å². The lowest BCUT2D eigenvalue weighted by molar-refractivity contribution is 0.429. The van der Waals surface area contributed by atoms with Crippen molar-refractivity contribution in [3.63, 3.8) is 0 Å². The number of nitrogen functional groups attached to an aromatic ring is 1. The molecule has 1 saturated carbocycles. The first-order chi connectivity index (χ1) is 7.25. The van der Waals surface area contributed by atoms with Crippen molar-refractivity contribution in [2.75, 3.05) is 5.73 Å². The minimum Gasteiger partial charge on any atom is -0.384 e. The van der Waals surface area contributed by atoms with Crippen molar-refractivity contribution in [2.45, 2.75) is 38.1 Å². The van der Waals surface area contributed by atoms with Crippen LogP contribution in [0.4, 0.5) is 5.82 Å². The van der Waals surface area contributed by atoms with Crippen molar-refractivity contribution < 1.29 is 0 Å². The van der Waals surface area contributed by atoms with Crippen LogP contribution in [-0.4, -0.2) is 11.0 Å². The summed E-state index contributed by atoms with van der Waals surface area (Å²) in [6.45, 7) is 0. The van der Waals surface area contributed by atoms with Crippen LogP contribution in [0.3, 0.4) is 0 Å². The predicted molar refractivity (Wildman–Crippen MR) is 62.3 cm³/mol. The Kier molecular flexibility index (Phi) is 3.21. The molecule has 15 heavy (non-hydrogen) atoms. The zero-order chi connectivity index (χ0) is 10.7. The zero-order valence-corrected chi connectivity index (χ0v) is 9.02. The molecule has 1 unspecified atom stereocenters. The summed E-state index contributed by atoms with van der Waals surface area (Å²) in [5.74, 6) is 1.30. The summed E-state index contributed by atoms with van der Waals surface area (Å²) in [7, 11) is 0. The lowest BCUT2D eigenvalue weighted by atomic mass is 9.93. The van der Waals surface area contributed by atoms with E-state index in [1.54, 1.807) is 6.20 Å². The molecule has 0 radical (unpaired) electrons. The number of aromatic nitrogens is 1. The van der Waals surface area contributed by atoms with Gasteiger partial charge >= 0.3 is 0 Å². The third-order valence-electron chi connectivity index (χ3n) is 3.32. The first-order valence-electron chi connectivity index (χ1n) is 5.71. The van der Waals surface area contributed by atoms with Gasteiger partial charge in [0.1, 0.15) is 5.82 Å². The van der Waals surface area contributed by atoms with Gasteiger partial charge in [0.2, 0.25) is 0 Å². The highest BCUT2D eigenvalue weighted by Gasteiger charge is 2.21. The Morgan fingerprint density at radius 1 is 1.40 bits per heavy atom. The minimum absolute atomic E-state index is 0.286. The predicted octanol–water partition coefficient (Wildman–Crippen LogP) is 1.72. The van der Waals surface area contributed by atoms with Crippen LogP contribution in [0, 0.1) is 5.92 Å². The fourth-order valence-electron chi connectivity index (χ4n) is 2.45. The number of nitrogens with two attached hydrogens (primary N) is 2. The van der Waals surface area contributed by atoms with E-state index < -0.39 is 0 Å². The second-order valence-electron chi connectivity index (χ2n) is 4.50. The first-order valence-corrected chi connectivity index (χ1v) is 5.71. The smallest absolute Gasteiger partial charge is 0.123 e. The molecule has 1 aliphatic rings. The van der Waals surface area contributed by atoms with E-state index in [1.807, 2.05) is 12.1 Å². The van der Waals surface area contributed by atoms with Gasteiger partial charge in [0.15, 0.2) is 0 Å². The van der Waals surface area contributed by atoms with Crippen molar-refractivity contribution in [1.29, 1.82) is 0 Å². The fraction of sp³-hybridized carbons (Fsp3) is 0.583. The van der Waals surface area contributed by atoms with E-state index >= 15 is 0 Å². The molecular weight excluding hydrogens is 186 g/mol. The second kappa shape index (κ2) is 4.62. The van der Waals surface area contributed by atoms with E-state index in [4.69, 9.17) is 11.5 Å². The molecule has 3 nitrogen and oxygen atoms in total. The molecule has 0 bridgehead atoms. The Labute approximate surface area is 90.9 Å². The highest BCUT2D eigenvalue weighted by Crippen LogP contribution is 2.28. The Hall–Kier alpha value is -1.09. The van der Waals surface area contributed by atoms with E-state index in [0.29, 0.717) is 11.7 Å². The average molecular weight is 205 g/mol. The third-order valence-corrected chi connectivity index (χ3v) is 3.32. The number of hydrogen-bond acceptors (Lipinski definition) is 3. The molecule has 1 aliphatic carbocycles. The highest BCUT2D eigenvalue weighted by molar-refractivity contribution is 5.32. The summed E-state index contributed by atoms with van der Waals surface area (Å²) in [6.07, 6.45) is 7.96. The third kappa shape index (κ3) is 2.69. The summed E-state index contributed by atoms with van der Waals surface area (Å²) in [5, 5.41) is 0. The molecular formula is C12H19N3. The van der Waals surface area contributed by atoms with Gasteiger partial charge in [-0.25, -0.2) is 4.98 Å². The van der Waals surface area contributed by atoms with Crippen LogP contribution >= 0.6 is 0 Å². The molecule has 1 heterocycles. The van der Waals surface area contributed by atoms with Crippen molar-refractivity contribution in [2.24, 2.45) is 11.7 Å². The number of rotatable bonds is 3. The second-order valence-corrected chi connectivity index (χ2v) is 4.50. The monoisotopic (exact) mass is 205 g/mol. The van der Waals surface area contributed by atoms with E-state index in [0.717, 1.165) is 6.42 Å². The Morgan fingerprint density at radius 2 is 2.13 bits per heavy atom. The molecule has 2 rings (SSSR count). The lowest BCUT2D eigenvalue weighted by Gasteiger charge is -2.18. The number of anilines is 1. The molecule has 0 spiro atoms. The largest absolute Gasteiger partial charge is 0.384 e. The van der Waals surface area contributed by atoms with Gasteiger partial charge in [-0.15, -0.1) is 0 Å². The Bertz CT molecular complexity index is 318. The molecule has 3 heteroatoms. The van der Waals surface area contributed by atoms with Crippen LogP contribution in [-0.2, 0) is 6.42 Å². The molecule has 82 valence electrons. The molecule has 4 N–H and O–H groups in total. The molecule has 1 aromatic rings. The molecule has 0 aliphatic heterocycles. The number of pyridine rings is 1. The zero-order valence-electron chi connectivity index (χ0n) is 9.02. The van der Waals surface area contributed by atoms with Gasteiger partial charge in [-0.05, 0) is 42.9 Å². The SMILES string of the molecule is Nc1cc(CC(N)C2CCCC2)ccn1. The summed E-state index contributed by atoms with van der Waals surface area (Å²) in [5.41, 5.74) is 13.0. The first kappa shape index (κ1) is 10.4. The van der Waals surface area contributed by atoms with E-state index in [9.17, 15) is 0 Å². The van der Waals surface area contributed by atoms with Gasteiger partial charge in [0, 0.05) is 12.2 Å². The number of hydrogen-bond donors (Lipinski definition) is 2. The molecule has 1 fully saturated rings. The van der Waals surface area contributed by atoms with Crippen LogP contribution in [0.5, 0.6) is 0 Å². The van der Waals surface area contributed by atoms with Crippen molar-refractivity contribution >= 4 is 5.82 Å². The molecule has 1 aromatic heterocycles. The maximum atomic E-state index is 6.20. The number of nitrogens with zero attached hydrogens (tertiary/aromatic N) is 1. The molecule has 0 amide bonds. The highest BCUT2D eigenvalue weighted by atomic mass is 14.8. The van der Waals surface area contributed by atoms with Crippen LogP contribution in [0.1, 0.15) is 31.2 Å². The molecule has 1 atom stereocenters. The fourth-order valence-corrected chi connectivity index (χ4v) is 2.45. The van der Waals surface area contributed by atoms with Gasteiger partial charge < -0.3 is 11.5 Å². The Balaban J connectivity index is 1.95. The van der Waals surface area contributed by atoms with Crippen molar-refractivity contribution in [3.05, 3.63) is 23.9 Å². The standard InChI is InChI=1S/C12H19N3/c13-11(10-3-1-2-4-10)7-9-5-6-15-12(14)8-9/h5-6,8,10-11H,1-4,7,13H2,(H2,14,15). The summed E-state index contributed by atoms with van der Waals surface area (Å²) >= 11 is 0. The normalized spacial score (nSPS) is 19.3. The van der Waals surface area contributed by atoms with Crippen LogP contribution in [0.15, 0.2) is 18.3 Å². The summed E-state index contributed by atoms with van der Waals surface area (Å²) < 4.78 is 0. The Morgan fingerprint density at radius 3 is 2.80 bits per heavy atom. The topological polar surface area (TPSA) is 64.9 Å². The van der Waals surface area contributed by atoms with Gasteiger partial charge in [-0.2, -0.15) is 0 Å². The van der Waals surface area contributed by atoms with Crippen molar-refractivity contribution in [1.82, 2.24) is 4.98 Å². The van der Waals surface area contributed by atoms with Gasteiger partial charge in [0.25, 0.3) is 0 Å². The van der Waals surface area contributed by atoms with Gasteiger partial charge in [-0.3, -0.25) is 0 Å². The minimum atomic E-state index is 0.286. The van der Waals surface area contributed by atoms with Crippen molar-refractivity contribution in [3.8, 4) is 0 Å². The quantitative estimate of drug-likeness (QED) is 0.789. The van der Waals surface area contributed by atoms with Crippen LogP contribution in [0.2, 0.25) is 0 Å². The van der Waals surface area contributed by atoms with Gasteiger partial charge in [-0.1, -0.05) is 12.8 Å².